The summed E-state index contributed by atoms with van der Waals surface area (Å²) in [7, 11) is 2.15. The van der Waals surface area contributed by atoms with Crippen molar-refractivity contribution < 1.29 is 4.39 Å². The van der Waals surface area contributed by atoms with Gasteiger partial charge in [0.15, 0.2) is 5.82 Å². The third-order valence-electron chi connectivity index (χ3n) is 5.38. The topological polar surface area (TPSA) is 56.3 Å². The molecule has 0 saturated carbocycles. The van der Waals surface area contributed by atoms with Crippen LogP contribution in [-0.4, -0.2) is 54.6 Å². The maximum Gasteiger partial charge on any atom is 0.229 e. The second-order valence-electron chi connectivity index (χ2n) is 7.62. The van der Waals surface area contributed by atoms with Crippen LogP contribution in [0.2, 0.25) is 5.02 Å². The molecule has 6 nitrogen and oxygen atoms in total. The van der Waals surface area contributed by atoms with Crippen LogP contribution in [0, 0.1) is 5.82 Å². The maximum atomic E-state index is 13.8. The Kier molecular flexibility index (Phi) is 6.84. The number of nitrogens with zero attached hydrogens (tertiary/aromatic N) is 4. The number of benzene rings is 2. The van der Waals surface area contributed by atoms with E-state index < -0.39 is 0 Å². The van der Waals surface area contributed by atoms with E-state index in [1.807, 2.05) is 18.2 Å². The van der Waals surface area contributed by atoms with E-state index in [1.165, 1.54) is 11.8 Å². The molecule has 0 radical (unpaired) electrons. The largest absolute Gasteiger partial charge is 0.369 e. The Morgan fingerprint density at radius 2 is 1.77 bits per heavy atom. The fourth-order valence-corrected chi connectivity index (χ4v) is 3.68. The molecule has 31 heavy (non-hydrogen) atoms. The summed E-state index contributed by atoms with van der Waals surface area (Å²) in [5, 5.41) is 6.81. The molecule has 1 fully saturated rings. The fraction of sp³-hybridized carbons (Fsp3) is 0.304. The monoisotopic (exact) mass is 440 g/mol. The number of piperazine rings is 1. The van der Waals surface area contributed by atoms with Gasteiger partial charge < -0.3 is 20.4 Å². The first-order valence-corrected chi connectivity index (χ1v) is 10.8. The van der Waals surface area contributed by atoms with Crippen LogP contribution in [0.15, 0.2) is 54.7 Å². The molecule has 1 saturated heterocycles. The minimum Gasteiger partial charge on any atom is -0.369 e. The van der Waals surface area contributed by atoms with Crippen molar-refractivity contribution in [2.24, 2.45) is 0 Å². The molecular formula is C23H26ClFN6. The van der Waals surface area contributed by atoms with Crippen LogP contribution in [0.25, 0.3) is 0 Å². The van der Waals surface area contributed by atoms with Gasteiger partial charge in [-0.1, -0.05) is 29.8 Å². The molecule has 4 rings (SSSR count). The number of likely N-dealkylation sites (N-methyl/N-ethyl adjacent to an activating group) is 1. The number of anilines is 4. The highest BCUT2D eigenvalue weighted by molar-refractivity contribution is 6.32. The Morgan fingerprint density at radius 3 is 2.52 bits per heavy atom. The van der Waals surface area contributed by atoms with Crippen LogP contribution in [-0.2, 0) is 6.42 Å². The zero-order chi connectivity index (χ0) is 21.6. The molecule has 0 amide bonds. The van der Waals surface area contributed by atoms with Crippen LogP contribution in [0.4, 0.5) is 27.5 Å². The third-order valence-corrected chi connectivity index (χ3v) is 5.66. The molecule has 0 atom stereocenters. The molecule has 2 heterocycles. The van der Waals surface area contributed by atoms with Gasteiger partial charge in [-0.2, -0.15) is 4.98 Å². The number of nitrogens with one attached hydrogen (secondary N) is 2. The van der Waals surface area contributed by atoms with Crippen LogP contribution in [0.5, 0.6) is 0 Å². The SMILES string of the molecule is CN1CCN(c2ccc(Nc3ncc(Cl)c(NCCc4ccccc4F)n3)cc2)CC1. The van der Waals surface area contributed by atoms with Gasteiger partial charge in [0.05, 0.1) is 6.20 Å². The van der Waals surface area contributed by atoms with Gasteiger partial charge in [0, 0.05) is 44.1 Å². The van der Waals surface area contributed by atoms with Crippen molar-refractivity contribution in [3.8, 4) is 0 Å². The van der Waals surface area contributed by atoms with E-state index in [0.717, 1.165) is 31.9 Å². The third kappa shape index (κ3) is 5.62. The van der Waals surface area contributed by atoms with Crippen LogP contribution >= 0.6 is 11.6 Å². The summed E-state index contributed by atoms with van der Waals surface area (Å²) in [4.78, 5) is 13.5. The molecule has 0 bridgehead atoms. The Balaban J connectivity index is 1.36. The first-order valence-electron chi connectivity index (χ1n) is 10.4. The quantitative estimate of drug-likeness (QED) is 0.567. The standard InChI is InChI=1S/C23H26ClFN6/c1-30-12-14-31(15-13-30)19-8-6-18(7-9-19)28-23-27-16-20(24)22(29-23)26-11-10-17-4-2-3-5-21(17)25/h2-9,16H,10-15H2,1H3,(H2,26,27,28,29). The van der Waals surface area contributed by atoms with Gasteiger partial charge in [-0.25, -0.2) is 9.37 Å². The number of aromatic nitrogens is 2. The number of hydrogen-bond donors (Lipinski definition) is 2. The second-order valence-corrected chi connectivity index (χ2v) is 8.03. The summed E-state index contributed by atoms with van der Waals surface area (Å²) in [6, 6.07) is 15.0. The van der Waals surface area contributed by atoms with E-state index in [4.69, 9.17) is 11.6 Å². The Morgan fingerprint density at radius 1 is 1.03 bits per heavy atom. The smallest absolute Gasteiger partial charge is 0.229 e. The maximum absolute atomic E-state index is 13.8. The van der Waals surface area contributed by atoms with E-state index in [1.54, 1.807) is 18.3 Å². The zero-order valence-electron chi connectivity index (χ0n) is 17.5. The minimum atomic E-state index is -0.208. The predicted molar refractivity (Wildman–Crippen MR) is 125 cm³/mol. The summed E-state index contributed by atoms with van der Waals surface area (Å²) >= 11 is 6.23. The fourth-order valence-electron chi connectivity index (χ4n) is 3.52. The summed E-state index contributed by atoms with van der Waals surface area (Å²) in [5.74, 6) is 0.759. The van der Waals surface area contributed by atoms with Gasteiger partial charge in [0.25, 0.3) is 0 Å². The molecule has 8 heteroatoms. The molecule has 1 aliphatic heterocycles. The van der Waals surface area contributed by atoms with Gasteiger partial charge in [-0.05, 0) is 49.4 Å². The van der Waals surface area contributed by atoms with Gasteiger partial charge in [-0.3, -0.25) is 0 Å². The van der Waals surface area contributed by atoms with E-state index >= 15 is 0 Å². The lowest BCUT2D eigenvalue weighted by atomic mass is 10.1. The highest BCUT2D eigenvalue weighted by Gasteiger charge is 2.14. The first-order chi connectivity index (χ1) is 15.1. The van der Waals surface area contributed by atoms with Crippen LogP contribution in [0.1, 0.15) is 5.56 Å². The number of halogens is 2. The zero-order valence-corrected chi connectivity index (χ0v) is 18.2. The highest BCUT2D eigenvalue weighted by Crippen LogP contribution is 2.24. The average molecular weight is 441 g/mol. The lowest BCUT2D eigenvalue weighted by Crippen LogP contribution is -2.44. The molecule has 162 valence electrons. The molecule has 3 aromatic rings. The van der Waals surface area contributed by atoms with Crippen molar-refractivity contribution >= 4 is 34.7 Å². The molecular weight excluding hydrogens is 415 g/mol. The van der Waals surface area contributed by atoms with E-state index in [-0.39, 0.29) is 5.82 Å². The molecule has 1 aromatic heterocycles. The molecule has 1 aliphatic rings. The lowest BCUT2D eigenvalue weighted by Gasteiger charge is -2.34. The molecule has 2 aromatic carbocycles. The molecule has 0 unspecified atom stereocenters. The van der Waals surface area contributed by atoms with Gasteiger partial charge >= 0.3 is 0 Å². The normalized spacial score (nSPS) is 14.5. The Labute approximate surface area is 187 Å². The minimum absolute atomic E-state index is 0.208. The number of rotatable bonds is 7. The van der Waals surface area contributed by atoms with Crippen LogP contribution in [0.3, 0.4) is 0 Å². The van der Waals surface area contributed by atoms with Gasteiger partial charge in [0.2, 0.25) is 5.95 Å². The van der Waals surface area contributed by atoms with Crippen molar-refractivity contribution in [2.75, 3.05) is 55.3 Å². The van der Waals surface area contributed by atoms with Crippen molar-refractivity contribution in [3.63, 3.8) is 0 Å². The highest BCUT2D eigenvalue weighted by atomic mass is 35.5. The summed E-state index contributed by atoms with van der Waals surface area (Å²) < 4.78 is 13.8. The molecule has 0 spiro atoms. The van der Waals surface area contributed by atoms with E-state index in [9.17, 15) is 4.39 Å². The number of hydrogen-bond acceptors (Lipinski definition) is 6. The second kappa shape index (κ2) is 9.94. The lowest BCUT2D eigenvalue weighted by molar-refractivity contribution is 0.313. The average Bonchev–Trinajstić information content (AvgIpc) is 2.78. The Hall–Kier alpha value is -2.90. The first kappa shape index (κ1) is 21.3. The van der Waals surface area contributed by atoms with Crippen molar-refractivity contribution in [3.05, 3.63) is 71.1 Å². The van der Waals surface area contributed by atoms with Crippen LogP contribution < -0.4 is 15.5 Å². The Bertz CT molecular complexity index is 1010. The summed E-state index contributed by atoms with van der Waals surface area (Å²) in [5.41, 5.74) is 2.77. The molecule has 2 N–H and O–H groups in total. The van der Waals surface area contributed by atoms with Crippen molar-refractivity contribution in [2.45, 2.75) is 6.42 Å². The molecule has 0 aliphatic carbocycles. The van der Waals surface area contributed by atoms with Gasteiger partial charge in [0.1, 0.15) is 10.8 Å². The summed E-state index contributed by atoms with van der Waals surface area (Å²) in [6.45, 7) is 4.73. The van der Waals surface area contributed by atoms with Crippen molar-refractivity contribution in [1.82, 2.24) is 14.9 Å². The van der Waals surface area contributed by atoms with Crippen molar-refractivity contribution in [1.29, 1.82) is 0 Å². The predicted octanol–water partition coefficient (Wildman–Crippen LogP) is 4.42. The van der Waals surface area contributed by atoms with E-state index in [0.29, 0.717) is 35.3 Å². The van der Waals surface area contributed by atoms with Gasteiger partial charge in [-0.15, -0.1) is 0 Å². The van der Waals surface area contributed by atoms with E-state index in [2.05, 4.69) is 49.6 Å². The summed E-state index contributed by atoms with van der Waals surface area (Å²) in [6.07, 6.45) is 2.09.